The van der Waals surface area contributed by atoms with Crippen LogP contribution in [-0.2, 0) is 25.6 Å². The van der Waals surface area contributed by atoms with Crippen LogP contribution in [0.4, 0.5) is 0 Å². The third-order valence-corrected chi connectivity index (χ3v) is 4.23. The van der Waals surface area contributed by atoms with Crippen LogP contribution < -0.4 is 10.6 Å². The van der Waals surface area contributed by atoms with Crippen LogP contribution >= 0.6 is 0 Å². The molecule has 0 aromatic carbocycles. The predicted octanol–water partition coefficient (Wildman–Crippen LogP) is 1.09. The van der Waals surface area contributed by atoms with Gasteiger partial charge in [0.25, 0.3) is 0 Å². The van der Waals surface area contributed by atoms with Gasteiger partial charge in [-0.25, -0.2) is 0 Å². The van der Waals surface area contributed by atoms with E-state index < -0.39 is 17.6 Å². The normalized spacial score (nSPS) is 22.9. The number of hydrogen-bond acceptors (Lipinski definition) is 5. The number of ether oxygens (including phenoxy) is 2. The third kappa shape index (κ3) is 4.11. The Morgan fingerprint density at radius 1 is 1.17 bits per heavy atom. The van der Waals surface area contributed by atoms with Crippen LogP contribution in [-0.4, -0.2) is 36.9 Å². The van der Waals surface area contributed by atoms with Crippen molar-refractivity contribution in [3.05, 3.63) is 24.2 Å². The van der Waals surface area contributed by atoms with Crippen LogP contribution in [0.1, 0.15) is 37.9 Å². The summed E-state index contributed by atoms with van der Waals surface area (Å²) in [6.07, 6.45) is 6.55. The maximum atomic E-state index is 11.8. The summed E-state index contributed by atoms with van der Waals surface area (Å²) in [6, 6.07) is 3.45. The molecule has 23 heavy (non-hydrogen) atoms. The van der Waals surface area contributed by atoms with Crippen LogP contribution in [0.3, 0.4) is 0 Å². The first-order chi connectivity index (χ1) is 11.2. The lowest BCUT2D eigenvalue weighted by atomic mass is 9.94. The predicted molar refractivity (Wildman–Crippen MR) is 80.2 cm³/mol. The summed E-state index contributed by atoms with van der Waals surface area (Å²) >= 11 is 0. The lowest BCUT2D eigenvalue weighted by molar-refractivity contribution is -0.186. The van der Waals surface area contributed by atoms with Crippen molar-refractivity contribution in [1.82, 2.24) is 10.6 Å². The van der Waals surface area contributed by atoms with Crippen molar-refractivity contribution in [3.63, 3.8) is 0 Å². The van der Waals surface area contributed by atoms with Crippen LogP contribution in [0.2, 0.25) is 0 Å². The molecule has 126 valence electrons. The fourth-order valence-electron chi connectivity index (χ4n) is 3.02. The second-order valence-corrected chi connectivity index (χ2v) is 5.99. The van der Waals surface area contributed by atoms with E-state index in [2.05, 4.69) is 10.6 Å². The molecule has 1 saturated carbocycles. The van der Waals surface area contributed by atoms with E-state index in [0.29, 0.717) is 12.4 Å². The van der Waals surface area contributed by atoms with Crippen LogP contribution in [0, 0.1) is 0 Å². The average molecular weight is 322 g/mol. The lowest BCUT2D eigenvalue weighted by Gasteiger charge is -2.31. The number of amides is 2. The molecule has 1 aromatic rings. The minimum atomic E-state index is -0.687. The second kappa shape index (κ2) is 7.14. The van der Waals surface area contributed by atoms with Gasteiger partial charge >= 0.3 is 11.8 Å². The first-order valence-corrected chi connectivity index (χ1v) is 8.07. The first-order valence-electron chi connectivity index (χ1n) is 8.07. The van der Waals surface area contributed by atoms with Crippen molar-refractivity contribution in [2.45, 2.75) is 50.5 Å². The molecule has 2 aliphatic rings. The molecule has 1 spiro atoms. The molecule has 2 fully saturated rings. The van der Waals surface area contributed by atoms with Gasteiger partial charge in [0.2, 0.25) is 0 Å². The van der Waals surface area contributed by atoms with Gasteiger partial charge in [-0.05, 0) is 25.0 Å². The highest BCUT2D eigenvalue weighted by atomic mass is 16.7. The Bertz CT molecular complexity index is 537. The van der Waals surface area contributed by atoms with Crippen molar-refractivity contribution in [2.75, 3.05) is 13.2 Å². The van der Waals surface area contributed by atoms with Gasteiger partial charge in [-0.3, -0.25) is 9.59 Å². The summed E-state index contributed by atoms with van der Waals surface area (Å²) < 4.78 is 16.8. The van der Waals surface area contributed by atoms with Crippen molar-refractivity contribution < 1.29 is 23.5 Å². The highest BCUT2D eigenvalue weighted by Crippen LogP contribution is 2.37. The molecule has 7 nitrogen and oxygen atoms in total. The van der Waals surface area contributed by atoms with E-state index >= 15 is 0 Å². The monoisotopic (exact) mass is 322 g/mol. The van der Waals surface area contributed by atoms with E-state index in [1.54, 1.807) is 12.1 Å². The van der Waals surface area contributed by atoms with E-state index in [1.807, 2.05) is 0 Å². The minimum absolute atomic E-state index is 0.186. The Morgan fingerprint density at radius 3 is 2.70 bits per heavy atom. The molecular weight excluding hydrogens is 300 g/mol. The molecule has 7 heteroatoms. The lowest BCUT2D eigenvalue weighted by Crippen LogP contribution is -2.43. The molecule has 1 aliphatic carbocycles. The highest BCUT2D eigenvalue weighted by Gasteiger charge is 2.42. The topological polar surface area (TPSA) is 89.8 Å². The molecule has 1 saturated heterocycles. The summed E-state index contributed by atoms with van der Waals surface area (Å²) in [5, 5.41) is 5.09. The minimum Gasteiger partial charge on any atom is -0.467 e. The summed E-state index contributed by atoms with van der Waals surface area (Å²) in [7, 11) is 0. The summed E-state index contributed by atoms with van der Waals surface area (Å²) in [4.78, 5) is 23.5. The van der Waals surface area contributed by atoms with E-state index in [9.17, 15) is 9.59 Å². The molecule has 1 atom stereocenters. The first kappa shape index (κ1) is 16.0. The fraction of sp³-hybridized carbons (Fsp3) is 0.625. The number of hydrogen-bond donors (Lipinski definition) is 2. The maximum absolute atomic E-state index is 11.8. The summed E-state index contributed by atoms with van der Waals surface area (Å²) in [6.45, 7) is 0.911. The van der Waals surface area contributed by atoms with E-state index in [0.717, 1.165) is 25.7 Å². The molecule has 1 aliphatic heterocycles. The fourth-order valence-corrected chi connectivity index (χ4v) is 3.02. The quantitative estimate of drug-likeness (QED) is 0.810. The summed E-state index contributed by atoms with van der Waals surface area (Å²) in [5.41, 5.74) is 0. The third-order valence-electron chi connectivity index (χ3n) is 4.23. The molecule has 1 aromatic heterocycles. The average Bonchev–Trinajstić information content (AvgIpc) is 3.21. The van der Waals surface area contributed by atoms with Gasteiger partial charge in [0.1, 0.15) is 11.9 Å². The Labute approximate surface area is 134 Å². The number of nitrogens with one attached hydrogen (secondary N) is 2. The van der Waals surface area contributed by atoms with Gasteiger partial charge in [-0.15, -0.1) is 0 Å². The van der Waals surface area contributed by atoms with E-state index in [4.69, 9.17) is 13.9 Å². The van der Waals surface area contributed by atoms with E-state index in [-0.39, 0.29) is 19.2 Å². The second-order valence-electron chi connectivity index (χ2n) is 5.99. The molecule has 0 unspecified atom stereocenters. The van der Waals surface area contributed by atoms with Crippen molar-refractivity contribution in [3.8, 4) is 0 Å². The largest absolute Gasteiger partial charge is 0.467 e. The van der Waals surface area contributed by atoms with E-state index in [1.165, 1.54) is 12.7 Å². The van der Waals surface area contributed by atoms with Gasteiger partial charge in [0.15, 0.2) is 5.79 Å². The molecule has 2 amide bonds. The number of carbonyl (C=O) groups is 2. The van der Waals surface area contributed by atoms with Gasteiger partial charge in [0, 0.05) is 19.4 Å². The molecule has 2 heterocycles. The molecule has 0 bridgehead atoms. The summed E-state index contributed by atoms with van der Waals surface area (Å²) in [5.74, 6) is -1.23. The maximum Gasteiger partial charge on any atom is 0.309 e. The number of carbonyl (C=O) groups excluding carboxylic acids is 2. The Hall–Kier alpha value is -1.86. The van der Waals surface area contributed by atoms with Gasteiger partial charge in [0.05, 0.1) is 19.4 Å². The SMILES string of the molecule is O=C(NCc1ccco1)C(=O)NC[C@H]1COC2(CCCCC2)O1. The Kier molecular flexibility index (Phi) is 4.97. The zero-order valence-corrected chi connectivity index (χ0v) is 13.0. The Balaban J connectivity index is 1.38. The van der Waals surface area contributed by atoms with Crippen molar-refractivity contribution >= 4 is 11.8 Å². The number of furan rings is 1. The number of rotatable bonds is 4. The van der Waals surface area contributed by atoms with Crippen LogP contribution in [0.5, 0.6) is 0 Å². The molecule has 2 N–H and O–H groups in total. The molecule has 3 rings (SSSR count). The zero-order valence-electron chi connectivity index (χ0n) is 13.0. The van der Waals surface area contributed by atoms with Crippen molar-refractivity contribution in [1.29, 1.82) is 0 Å². The highest BCUT2D eigenvalue weighted by molar-refractivity contribution is 6.35. The van der Waals surface area contributed by atoms with Crippen LogP contribution in [0.15, 0.2) is 22.8 Å². The van der Waals surface area contributed by atoms with Gasteiger partial charge in [-0.2, -0.15) is 0 Å². The smallest absolute Gasteiger partial charge is 0.309 e. The van der Waals surface area contributed by atoms with Crippen molar-refractivity contribution in [2.24, 2.45) is 0 Å². The molecular formula is C16H22N2O5. The Morgan fingerprint density at radius 2 is 1.96 bits per heavy atom. The van der Waals surface area contributed by atoms with Gasteiger partial charge < -0.3 is 24.5 Å². The van der Waals surface area contributed by atoms with Crippen LogP contribution in [0.25, 0.3) is 0 Å². The van der Waals surface area contributed by atoms with Gasteiger partial charge in [-0.1, -0.05) is 6.42 Å². The molecule has 0 radical (unpaired) electrons. The zero-order chi connectivity index (χ0) is 16.1. The standard InChI is InChI=1S/C16H22N2O5/c19-14(17-9-12-5-4-8-21-12)15(20)18-10-13-11-22-16(23-13)6-2-1-3-7-16/h4-5,8,13H,1-3,6-7,9-11H2,(H,17,19)(H,18,20)/t13-/m0/s1.